The summed E-state index contributed by atoms with van der Waals surface area (Å²) in [5, 5.41) is 3.31. The molecule has 0 spiro atoms. The van der Waals surface area contributed by atoms with Gasteiger partial charge in [-0.05, 0) is 18.2 Å². The number of ether oxygens (including phenoxy) is 3. The van der Waals surface area contributed by atoms with Gasteiger partial charge in [0.1, 0.15) is 6.61 Å². The van der Waals surface area contributed by atoms with E-state index < -0.39 is 0 Å². The number of aromatic nitrogens is 4. The molecular weight excluding hydrogens is 398 g/mol. The molecule has 0 saturated carbocycles. The van der Waals surface area contributed by atoms with Crippen LogP contribution in [-0.4, -0.2) is 46.0 Å². The van der Waals surface area contributed by atoms with Crippen LogP contribution in [0.4, 0.5) is 11.5 Å². The molecule has 0 unspecified atom stereocenters. The summed E-state index contributed by atoms with van der Waals surface area (Å²) in [6.07, 6.45) is 7.42. The number of imidazole rings is 1. The number of carbonyl (C=O) groups is 1. The van der Waals surface area contributed by atoms with Crippen molar-refractivity contribution in [2.75, 3.05) is 26.1 Å². The predicted octanol–water partition coefficient (Wildman–Crippen LogP) is 3.06. The molecule has 0 fully saturated rings. The van der Waals surface area contributed by atoms with Crippen LogP contribution in [0.1, 0.15) is 5.56 Å². The highest BCUT2D eigenvalue weighted by atomic mass is 16.5. The van der Waals surface area contributed by atoms with Crippen molar-refractivity contribution < 1.29 is 19.0 Å². The van der Waals surface area contributed by atoms with Gasteiger partial charge in [-0.25, -0.2) is 15.0 Å². The van der Waals surface area contributed by atoms with Crippen molar-refractivity contribution in [1.82, 2.24) is 19.4 Å². The van der Waals surface area contributed by atoms with Crippen molar-refractivity contribution in [3.8, 4) is 28.6 Å². The van der Waals surface area contributed by atoms with Crippen molar-refractivity contribution in [2.45, 2.75) is 6.42 Å². The monoisotopic (exact) mass is 417 g/mol. The zero-order valence-corrected chi connectivity index (χ0v) is 17.0. The summed E-state index contributed by atoms with van der Waals surface area (Å²) in [5.41, 5.74) is 3.67. The molecule has 0 bridgehead atoms. The number of methoxy groups -OCH3 is 2. The van der Waals surface area contributed by atoms with E-state index in [0.29, 0.717) is 41.0 Å². The number of carbonyl (C=O) groups excluding carboxylic acids is 1. The Hall–Kier alpha value is -4.14. The maximum Gasteiger partial charge on any atom is 0.217 e. The maximum absolute atomic E-state index is 11.8. The molecule has 0 radical (unpaired) electrons. The molecule has 9 nitrogen and oxygen atoms in total. The quantitative estimate of drug-likeness (QED) is 0.529. The zero-order valence-electron chi connectivity index (χ0n) is 17.0. The van der Waals surface area contributed by atoms with E-state index in [9.17, 15) is 4.79 Å². The smallest absolute Gasteiger partial charge is 0.217 e. The molecule has 31 heavy (non-hydrogen) atoms. The van der Waals surface area contributed by atoms with E-state index in [2.05, 4.69) is 15.3 Å². The van der Waals surface area contributed by atoms with Gasteiger partial charge in [0.2, 0.25) is 5.88 Å². The van der Waals surface area contributed by atoms with Crippen LogP contribution in [0.5, 0.6) is 17.4 Å². The zero-order chi connectivity index (χ0) is 21.4. The van der Waals surface area contributed by atoms with Crippen LogP contribution in [0.15, 0.2) is 49.1 Å². The van der Waals surface area contributed by atoms with Crippen LogP contribution < -0.4 is 19.5 Å². The summed E-state index contributed by atoms with van der Waals surface area (Å²) in [6.45, 7) is 0.0674. The maximum atomic E-state index is 11.8. The Morgan fingerprint density at radius 2 is 2.00 bits per heavy atom. The van der Waals surface area contributed by atoms with Gasteiger partial charge in [-0.2, -0.15) is 0 Å². The van der Waals surface area contributed by atoms with E-state index in [-0.39, 0.29) is 12.4 Å². The van der Waals surface area contributed by atoms with Crippen molar-refractivity contribution in [1.29, 1.82) is 0 Å². The molecule has 1 N–H and O–H groups in total. The van der Waals surface area contributed by atoms with Crippen LogP contribution in [0.2, 0.25) is 0 Å². The Bertz CT molecular complexity index is 1300. The highest BCUT2D eigenvalue weighted by molar-refractivity contribution is 5.85. The lowest BCUT2D eigenvalue weighted by Gasteiger charge is -2.16. The first-order valence-electron chi connectivity index (χ1n) is 9.61. The minimum atomic E-state index is 0.0280. The summed E-state index contributed by atoms with van der Waals surface area (Å²) in [5.74, 6) is 2.33. The number of rotatable bonds is 5. The fraction of sp³-hybridized carbons (Fsp3) is 0.182. The number of ketones is 1. The van der Waals surface area contributed by atoms with Crippen LogP contribution in [0.3, 0.4) is 0 Å². The minimum absolute atomic E-state index is 0.0280. The van der Waals surface area contributed by atoms with Crippen LogP contribution >= 0.6 is 0 Å². The molecule has 5 rings (SSSR count). The van der Waals surface area contributed by atoms with E-state index in [0.717, 1.165) is 16.8 Å². The van der Waals surface area contributed by atoms with E-state index >= 15 is 0 Å². The topological polar surface area (TPSA) is 99.9 Å². The first-order chi connectivity index (χ1) is 15.1. The van der Waals surface area contributed by atoms with Crippen LogP contribution in [0.25, 0.3) is 16.9 Å². The second-order valence-electron chi connectivity index (χ2n) is 7.02. The Balaban J connectivity index is 1.55. The van der Waals surface area contributed by atoms with Crippen LogP contribution in [0, 0.1) is 0 Å². The van der Waals surface area contributed by atoms with Gasteiger partial charge in [-0.3, -0.25) is 4.79 Å². The van der Waals surface area contributed by atoms with E-state index in [1.54, 1.807) is 26.6 Å². The van der Waals surface area contributed by atoms with Crippen LogP contribution in [-0.2, 0) is 11.2 Å². The average Bonchev–Trinajstić information content (AvgIpc) is 3.27. The molecule has 3 aromatic heterocycles. The highest BCUT2D eigenvalue weighted by Crippen LogP contribution is 2.32. The van der Waals surface area contributed by atoms with Gasteiger partial charge in [-0.1, -0.05) is 0 Å². The molecule has 0 atom stereocenters. The summed E-state index contributed by atoms with van der Waals surface area (Å²) in [7, 11) is 3.18. The second kappa shape index (κ2) is 7.60. The van der Waals surface area contributed by atoms with Crippen molar-refractivity contribution in [3.63, 3.8) is 0 Å². The van der Waals surface area contributed by atoms with Gasteiger partial charge in [0.15, 0.2) is 28.7 Å². The molecule has 0 saturated heterocycles. The van der Waals surface area contributed by atoms with E-state index in [4.69, 9.17) is 19.2 Å². The number of pyridine rings is 1. The number of nitrogens with zero attached hydrogens (tertiary/aromatic N) is 4. The van der Waals surface area contributed by atoms with E-state index in [1.807, 2.05) is 41.1 Å². The number of fused-ring (bicyclic) bond motifs is 2. The van der Waals surface area contributed by atoms with Gasteiger partial charge in [0, 0.05) is 54.1 Å². The predicted molar refractivity (Wildman–Crippen MR) is 113 cm³/mol. The van der Waals surface area contributed by atoms with Gasteiger partial charge in [0.25, 0.3) is 0 Å². The molecule has 0 aliphatic carbocycles. The molecule has 0 amide bonds. The summed E-state index contributed by atoms with van der Waals surface area (Å²) in [6, 6.07) is 7.41. The Morgan fingerprint density at radius 1 is 1.13 bits per heavy atom. The molecule has 156 valence electrons. The number of anilines is 2. The standard InChI is InChI=1S/C22H19N5O4/c1-29-18-4-3-15(9-19(18)30-2)25-20-21-23-5-6-27(21)11-17(26-20)14-7-13-8-16(28)12-31-22(13)24-10-14/h3-7,9-11H,8,12H2,1-2H3,(H,25,26). The van der Waals surface area contributed by atoms with Crippen molar-refractivity contribution in [3.05, 3.63) is 54.6 Å². The summed E-state index contributed by atoms with van der Waals surface area (Å²) in [4.78, 5) is 25.3. The summed E-state index contributed by atoms with van der Waals surface area (Å²) < 4.78 is 18.0. The average molecular weight is 417 g/mol. The SMILES string of the molecule is COc1ccc(Nc2nc(-c3cnc4c(c3)CC(=O)CO4)cn3ccnc23)cc1OC. The Labute approximate surface area is 177 Å². The number of nitrogens with one attached hydrogen (secondary N) is 1. The lowest BCUT2D eigenvalue weighted by atomic mass is 10.1. The lowest BCUT2D eigenvalue weighted by molar-refractivity contribution is -0.121. The third kappa shape index (κ3) is 3.50. The van der Waals surface area contributed by atoms with Gasteiger partial charge in [-0.15, -0.1) is 0 Å². The first kappa shape index (κ1) is 18.9. The number of hydrogen-bond donors (Lipinski definition) is 1. The fourth-order valence-electron chi connectivity index (χ4n) is 3.51. The summed E-state index contributed by atoms with van der Waals surface area (Å²) >= 11 is 0. The number of benzene rings is 1. The normalized spacial score (nSPS) is 12.9. The third-order valence-corrected chi connectivity index (χ3v) is 5.00. The molecule has 1 aliphatic rings. The Morgan fingerprint density at radius 3 is 2.84 bits per heavy atom. The Kier molecular flexibility index (Phi) is 4.62. The largest absolute Gasteiger partial charge is 0.493 e. The number of hydrogen-bond acceptors (Lipinski definition) is 8. The molecule has 9 heteroatoms. The highest BCUT2D eigenvalue weighted by Gasteiger charge is 2.19. The van der Waals surface area contributed by atoms with Gasteiger partial charge < -0.3 is 23.9 Å². The van der Waals surface area contributed by atoms with Gasteiger partial charge in [0.05, 0.1) is 19.9 Å². The van der Waals surface area contributed by atoms with Gasteiger partial charge >= 0.3 is 0 Å². The molecule has 1 aromatic carbocycles. The third-order valence-electron chi connectivity index (χ3n) is 5.00. The molecular formula is C22H19N5O4. The van der Waals surface area contributed by atoms with Crippen molar-refractivity contribution in [2.24, 2.45) is 0 Å². The lowest BCUT2D eigenvalue weighted by Crippen LogP contribution is -2.21. The van der Waals surface area contributed by atoms with Crippen molar-refractivity contribution >= 4 is 22.9 Å². The second-order valence-corrected chi connectivity index (χ2v) is 7.02. The molecule has 4 aromatic rings. The first-order valence-corrected chi connectivity index (χ1v) is 9.61. The molecule has 1 aliphatic heterocycles. The minimum Gasteiger partial charge on any atom is -0.493 e. The molecule has 4 heterocycles. The van der Waals surface area contributed by atoms with E-state index in [1.165, 1.54) is 0 Å². The fourth-order valence-corrected chi connectivity index (χ4v) is 3.51. The number of Topliss-reactive ketones (excluding diaryl/α,β-unsaturated/α-hetero) is 1.